The Kier molecular flexibility index (Phi) is 8.56. The molecular formula is C30H32N2O5. The Morgan fingerprint density at radius 3 is 2.11 bits per heavy atom. The van der Waals surface area contributed by atoms with Crippen LogP contribution in [0.3, 0.4) is 0 Å². The lowest BCUT2D eigenvalue weighted by molar-refractivity contribution is -0.145. The number of carboxylic acid groups (broad SMARTS) is 1. The molecule has 1 unspecified atom stereocenters. The molecule has 0 bridgehead atoms. The summed E-state index contributed by atoms with van der Waals surface area (Å²) in [5.74, 6) is -1.47. The minimum atomic E-state index is -1.08. The number of carboxylic acids is 1. The molecule has 2 N–H and O–H groups in total. The summed E-state index contributed by atoms with van der Waals surface area (Å²) in [5.41, 5.74) is 5.40. The van der Waals surface area contributed by atoms with Crippen LogP contribution in [0.5, 0.6) is 0 Å². The van der Waals surface area contributed by atoms with Crippen LogP contribution in [0.25, 0.3) is 11.1 Å². The molecule has 1 aliphatic carbocycles. The average Bonchev–Trinajstić information content (AvgIpc) is 3.21. The molecular weight excluding hydrogens is 468 g/mol. The molecule has 7 heteroatoms. The number of carbonyl (C=O) groups excluding carboxylic acids is 2. The third-order valence-electron chi connectivity index (χ3n) is 6.62. The van der Waals surface area contributed by atoms with Gasteiger partial charge in [-0.1, -0.05) is 92.2 Å². The van der Waals surface area contributed by atoms with Gasteiger partial charge in [0.25, 0.3) is 0 Å². The number of carbonyl (C=O) groups is 3. The van der Waals surface area contributed by atoms with E-state index in [2.05, 4.69) is 29.6 Å². The third-order valence-corrected chi connectivity index (χ3v) is 6.62. The molecule has 0 saturated carbocycles. The number of hydrogen-bond acceptors (Lipinski definition) is 4. The van der Waals surface area contributed by atoms with E-state index in [0.29, 0.717) is 6.42 Å². The van der Waals surface area contributed by atoms with E-state index in [9.17, 15) is 19.5 Å². The molecule has 7 nitrogen and oxygen atoms in total. The zero-order chi connectivity index (χ0) is 26.2. The quantitative estimate of drug-likeness (QED) is 0.377. The topological polar surface area (TPSA) is 95.9 Å². The maximum absolute atomic E-state index is 13.1. The number of fused-ring (bicyclic) bond motifs is 3. The van der Waals surface area contributed by atoms with E-state index < -0.39 is 24.6 Å². The van der Waals surface area contributed by atoms with E-state index >= 15 is 0 Å². The Morgan fingerprint density at radius 1 is 0.919 bits per heavy atom. The highest BCUT2D eigenvalue weighted by Crippen LogP contribution is 2.44. The van der Waals surface area contributed by atoms with Crippen molar-refractivity contribution in [3.05, 3.63) is 95.6 Å². The number of nitrogens with one attached hydrogen (secondary N) is 1. The minimum absolute atomic E-state index is 0.00184. The van der Waals surface area contributed by atoms with Crippen molar-refractivity contribution < 1.29 is 24.2 Å². The van der Waals surface area contributed by atoms with Crippen LogP contribution in [-0.4, -0.2) is 47.2 Å². The van der Waals surface area contributed by atoms with Crippen LogP contribution in [0.4, 0.5) is 4.79 Å². The van der Waals surface area contributed by atoms with Crippen LogP contribution < -0.4 is 5.32 Å². The normalized spacial score (nSPS) is 12.8. The molecule has 3 aromatic rings. The summed E-state index contributed by atoms with van der Waals surface area (Å²) in [6.45, 7) is 1.94. The maximum Gasteiger partial charge on any atom is 0.407 e. The molecule has 0 radical (unpaired) electrons. The predicted molar refractivity (Wildman–Crippen MR) is 141 cm³/mol. The van der Waals surface area contributed by atoms with Crippen molar-refractivity contribution in [1.29, 1.82) is 0 Å². The number of aliphatic carboxylic acids is 1. The summed E-state index contributed by atoms with van der Waals surface area (Å²) in [7, 11) is 0. The highest BCUT2D eigenvalue weighted by Gasteiger charge is 2.29. The Balaban J connectivity index is 1.38. The van der Waals surface area contributed by atoms with Crippen LogP contribution in [0.15, 0.2) is 78.9 Å². The van der Waals surface area contributed by atoms with Crippen LogP contribution in [0.2, 0.25) is 0 Å². The lowest BCUT2D eigenvalue weighted by Gasteiger charge is -2.25. The molecule has 0 aromatic heterocycles. The summed E-state index contributed by atoms with van der Waals surface area (Å²) >= 11 is 0. The van der Waals surface area contributed by atoms with E-state index in [-0.39, 0.29) is 31.4 Å². The second kappa shape index (κ2) is 12.2. The lowest BCUT2D eigenvalue weighted by Crippen LogP contribution is -2.42. The first-order valence-corrected chi connectivity index (χ1v) is 12.6. The first-order valence-electron chi connectivity index (χ1n) is 12.6. The van der Waals surface area contributed by atoms with Crippen molar-refractivity contribution in [3.63, 3.8) is 0 Å². The Hall–Kier alpha value is -4.13. The second-order valence-electron chi connectivity index (χ2n) is 9.29. The van der Waals surface area contributed by atoms with Gasteiger partial charge in [-0.3, -0.25) is 9.59 Å². The maximum atomic E-state index is 13.1. The minimum Gasteiger partial charge on any atom is -0.480 e. The Morgan fingerprint density at radius 2 is 1.51 bits per heavy atom. The molecule has 0 saturated heterocycles. The number of rotatable bonds is 11. The van der Waals surface area contributed by atoms with E-state index in [0.717, 1.165) is 34.2 Å². The lowest BCUT2D eigenvalue weighted by atomic mass is 9.98. The van der Waals surface area contributed by atoms with E-state index in [1.165, 1.54) is 4.90 Å². The number of ether oxygens (including phenoxy) is 1. The fourth-order valence-electron chi connectivity index (χ4n) is 4.92. The van der Waals surface area contributed by atoms with E-state index in [1.54, 1.807) is 0 Å². The van der Waals surface area contributed by atoms with Gasteiger partial charge in [0.05, 0.1) is 0 Å². The largest absolute Gasteiger partial charge is 0.480 e. The van der Waals surface area contributed by atoms with Gasteiger partial charge in [0.1, 0.15) is 13.2 Å². The molecule has 0 spiro atoms. The third kappa shape index (κ3) is 6.55. The van der Waals surface area contributed by atoms with Crippen molar-refractivity contribution in [2.45, 2.75) is 44.7 Å². The molecule has 0 fully saturated rings. The van der Waals surface area contributed by atoms with Crippen LogP contribution in [0, 0.1) is 0 Å². The summed E-state index contributed by atoms with van der Waals surface area (Å²) in [4.78, 5) is 38.5. The molecule has 2 amide bonds. The van der Waals surface area contributed by atoms with Crippen molar-refractivity contribution in [1.82, 2.24) is 10.2 Å². The number of nitrogens with zero attached hydrogens (tertiary/aromatic N) is 1. The fraction of sp³-hybridized carbons (Fsp3) is 0.300. The molecule has 1 aliphatic rings. The van der Waals surface area contributed by atoms with E-state index in [1.807, 2.05) is 61.5 Å². The molecule has 192 valence electrons. The van der Waals surface area contributed by atoms with Gasteiger partial charge in [-0.05, 0) is 34.2 Å². The monoisotopic (exact) mass is 500 g/mol. The van der Waals surface area contributed by atoms with E-state index in [4.69, 9.17) is 4.74 Å². The summed E-state index contributed by atoms with van der Waals surface area (Å²) in [6, 6.07) is 25.0. The first-order chi connectivity index (χ1) is 18.0. The summed E-state index contributed by atoms with van der Waals surface area (Å²) in [5, 5.41) is 12.2. The smallest absolute Gasteiger partial charge is 0.407 e. The highest BCUT2D eigenvalue weighted by molar-refractivity contribution is 5.82. The van der Waals surface area contributed by atoms with Gasteiger partial charge in [-0.2, -0.15) is 0 Å². The standard InChI is InChI=1S/C30H32N2O5/c1-2-10-22(17-28(33)32(19-29(34)35)18-21-11-4-3-5-12-21)31-30(36)37-20-27-25-15-8-6-13-23(25)24-14-7-9-16-26(24)27/h3-9,11-16,22,27H,2,10,17-20H2,1H3,(H,31,36)(H,34,35). The fourth-order valence-corrected chi connectivity index (χ4v) is 4.92. The summed E-state index contributed by atoms with van der Waals surface area (Å²) in [6.07, 6.45) is 0.737. The molecule has 1 atom stereocenters. The zero-order valence-electron chi connectivity index (χ0n) is 20.9. The van der Waals surface area contributed by atoms with Gasteiger partial charge in [0.2, 0.25) is 5.91 Å². The van der Waals surface area contributed by atoms with Crippen LogP contribution in [0.1, 0.15) is 48.8 Å². The molecule has 4 rings (SSSR count). The van der Waals surface area contributed by atoms with Crippen molar-refractivity contribution in [2.75, 3.05) is 13.2 Å². The summed E-state index contributed by atoms with van der Waals surface area (Å²) < 4.78 is 5.65. The Labute approximate surface area is 217 Å². The molecule has 0 aliphatic heterocycles. The van der Waals surface area contributed by atoms with Crippen LogP contribution in [-0.2, 0) is 20.9 Å². The van der Waals surface area contributed by atoms with Crippen LogP contribution >= 0.6 is 0 Å². The van der Waals surface area contributed by atoms with Gasteiger partial charge in [0.15, 0.2) is 0 Å². The van der Waals surface area contributed by atoms with Gasteiger partial charge >= 0.3 is 12.1 Å². The molecule has 0 heterocycles. The average molecular weight is 501 g/mol. The highest BCUT2D eigenvalue weighted by atomic mass is 16.5. The zero-order valence-corrected chi connectivity index (χ0v) is 20.9. The van der Waals surface area contributed by atoms with Gasteiger partial charge in [-0.25, -0.2) is 4.79 Å². The number of alkyl carbamates (subject to hydrolysis) is 1. The SMILES string of the molecule is CCCC(CC(=O)N(CC(=O)O)Cc1ccccc1)NC(=O)OCC1c2ccccc2-c2ccccc21. The van der Waals surface area contributed by atoms with Crippen molar-refractivity contribution >= 4 is 18.0 Å². The van der Waals surface area contributed by atoms with Gasteiger partial charge in [-0.15, -0.1) is 0 Å². The molecule has 3 aromatic carbocycles. The Bertz CT molecular complexity index is 1200. The number of benzene rings is 3. The van der Waals surface area contributed by atoms with Crippen molar-refractivity contribution in [3.8, 4) is 11.1 Å². The van der Waals surface area contributed by atoms with Gasteiger partial charge < -0.3 is 20.1 Å². The van der Waals surface area contributed by atoms with Gasteiger partial charge in [0, 0.05) is 24.9 Å². The number of amides is 2. The predicted octanol–water partition coefficient (Wildman–Crippen LogP) is 5.20. The molecule has 37 heavy (non-hydrogen) atoms. The second-order valence-corrected chi connectivity index (χ2v) is 9.29. The number of hydrogen-bond donors (Lipinski definition) is 2. The van der Waals surface area contributed by atoms with Crippen molar-refractivity contribution in [2.24, 2.45) is 0 Å². The first kappa shape index (κ1) is 25.9.